The summed E-state index contributed by atoms with van der Waals surface area (Å²) in [6.45, 7) is 2.90. The first-order valence-corrected chi connectivity index (χ1v) is 11.3. The van der Waals surface area contributed by atoms with Gasteiger partial charge in [0.1, 0.15) is 11.6 Å². The molecule has 0 N–H and O–H groups in total. The summed E-state index contributed by atoms with van der Waals surface area (Å²) in [7, 11) is 0. The minimum absolute atomic E-state index is 0.116. The van der Waals surface area contributed by atoms with E-state index in [0.717, 1.165) is 12.1 Å². The van der Waals surface area contributed by atoms with Gasteiger partial charge in [0.15, 0.2) is 11.6 Å². The van der Waals surface area contributed by atoms with Gasteiger partial charge in [-0.1, -0.05) is 12.1 Å². The van der Waals surface area contributed by atoms with E-state index in [1.165, 1.54) is 18.2 Å². The third kappa shape index (κ3) is 5.22. The van der Waals surface area contributed by atoms with Crippen molar-refractivity contribution in [1.82, 2.24) is 14.9 Å². The highest BCUT2D eigenvalue weighted by molar-refractivity contribution is 5.79. The number of halogens is 3. The van der Waals surface area contributed by atoms with Crippen LogP contribution in [0.3, 0.4) is 0 Å². The van der Waals surface area contributed by atoms with Gasteiger partial charge in [-0.3, -0.25) is 4.79 Å². The fourth-order valence-electron chi connectivity index (χ4n) is 4.12. The van der Waals surface area contributed by atoms with Gasteiger partial charge in [0.25, 0.3) is 0 Å². The van der Waals surface area contributed by atoms with Crippen molar-refractivity contribution in [2.45, 2.75) is 19.4 Å². The van der Waals surface area contributed by atoms with Crippen molar-refractivity contribution < 1.29 is 27.4 Å². The lowest BCUT2D eigenvalue weighted by Gasteiger charge is -2.32. The lowest BCUT2D eigenvalue weighted by molar-refractivity contribution is -0.131. The lowest BCUT2D eigenvalue weighted by atomic mass is 10.0. The van der Waals surface area contributed by atoms with Gasteiger partial charge in [0.2, 0.25) is 17.7 Å². The summed E-state index contributed by atoms with van der Waals surface area (Å²) in [5.41, 5.74) is 1.99. The highest BCUT2D eigenvalue weighted by Gasteiger charge is 2.28. The second kappa shape index (κ2) is 9.91. The Bertz CT molecular complexity index is 1230. The van der Waals surface area contributed by atoms with Gasteiger partial charge in [0, 0.05) is 32.1 Å². The summed E-state index contributed by atoms with van der Waals surface area (Å²) < 4.78 is 52.2. The van der Waals surface area contributed by atoms with Crippen molar-refractivity contribution in [3.63, 3.8) is 0 Å². The number of nitrogens with zero attached hydrogens (tertiary/aromatic N) is 4. The lowest BCUT2D eigenvalue weighted by Crippen LogP contribution is -2.40. The van der Waals surface area contributed by atoms with Crippen LogP contribution in [0.15, 0.2) is 42.5 Å². The van der Waals surface area contributed by atoms with Crippen LogP contribution in [-0.4, -0.2) is 53.6 Å². The first-order chi connectivity index (χ1) is 17.0. The summed E-state index contributed by atoms with van der Waals surface area (Å²) in [6, 6.07) is 8.84. The predicted octanol–water partition coefficient (Wildman–Crippen LogP) is 3.65. The normalized spacial score (nSPS) is 15.6. The molecule has 10 heteroatoms. The van der Waals surface area contributed by atoms with E-state index < -0.39 is 11.6 Å². The van der Waals surface area contributed by atoms with Crippen LogP contribution < -0.4 is 9.64 Å². The molecule has 0 bridgehead atoms. The number of aromatic nitrogens is 2. The van der Waals surface area contributed by atoms with Crippen molar-refractivity contribution in [3.05, 3.63) is 76.7 Å². The predicted molar refractivity (Wildman–Crippen MR) is 121 cm³/mol. The second-order valence-electron chi connectivity index (χ2n) is 8.40. The molecule has 1 amide bonds. The largest absolute Gasteiger partial charge is 0.435 e. The minimum atomic E-state index is -0.856. The molecule has 1 aromatic heterocycles. The summed E-state index contributed by atoms with van der Waals surface area (Å²) in [4.78, 5) is 25.8. The molecule has 0 atom stereocenters. The van der Waals surface area contributed by atoms with E-state index in [4.69, 9.17) is 14.5 Å². The molecule has 1 saturated heterocycles. The van der Waals surface area contributed by atoms with Crippen LogP contribution in [0.4, 0.5) is 19.1 Å². The van der Waals surface area contributed by atoms with Gasteiger partial charge in [-0.25, -0.2) is 18.2 Å². The summed E-state index contributed by atoms with van der Waals surface area (Å²) in [5.74, 6) is -1.68. The van der Waals surface area contributed by atoms with E-state index in [-0.39, 0.29) is 36.3 Å². The fraction of sp³-hybridized carbons (Fsp3) is 0.320. The minimum Gasteiger partial charge on any atom is -0.435 e. The first-order valence-electron chi connectivity index (χ1n) is 11.3. The Labute approximate surface area is 200 Å². The zero-order chi connectivity index (χ0) is 24.4. The standard InChI is InChI=1S/C25H23F3N4O3/c26-17-3-1-16(2-4-17)13-23(33)32-8-7-21-19(15-32)24(35-22-6-5-18(27)14-20(22)28)30-25(29-21)31-9-11-34-12-10-31/h1-6,14H,7-13,15H2. The molecule has 5 rings (SSSR count). The second-order valence-corrected chi connectivity index (χ2v) is 8.40. The number of amides is 1. The number of carbonyl (C=O) groups is 1. The monoisotopic (exact) mass is 484 g/mol. The Morgan fingerprint density at radius 1 is 0.971 bits per heavy atom. The Hall–Kier alpha value is -3.66. The Morgan fingerprint density at radius 2 is 1.71 bits per heavy atom. The molecule has 2 aromatic carbocycles. The number of morpholine rings is 1. The highest BCUT2D eigenvalue weighted by atomic mass is 19.1. The summed E-state index contributed by atoms with van der Waals surface area (Å²) >= 11 is 0. The fourth-order valence-corrected chi connectivity index (χ4v) is 4.12. The van der Waals surface area contributed by atoms with Gasteiger partial charge >= 0.3 is 0 Å². The number of rotatable bonds is 5. The molecule has 182 valence electrons. The first kappa shape index (κ1) is 23.1. The molecule has 3 heterocycles. The number of benzene rings is 2. The van der Waals surface area contributed by atoms with Crippen LogP contribution in [-0.2, 0) is 28.9 Å². The molecule has 0 radical (unpaired) electrons. The number of ether oxygens (including phenoxy) is 2. The third-order valence-electron chi connectivity index (χ3n) is 6.03. The van der Waals surface area contributed by atoms with Crippen molar-refractivity contribution in [2.75, 3.05) is 37.7 Å². The van der Waals surface area contributed by atoms with Gasteiger partial charge in [-0.2, -0.15) is 4.98 Å². The Kier molecular flexibility index (Phi) is 6.54. The van der Waals surface area contributed by atoms with E-state index in [2.05, 4.69) is 4.98 Å². The average Bonchev–Trinajstić information content (AvgIpc) is 2.87. The molecular weight excluding hydrogens is 461 g/mol. The maximum absolute atomic E-state index is 14.4. The molecule has 0 spiro atoms. The van der Waals surface area contributed by atoms with Crippen LogP contribution in [0.25, 0.3) is 0 Å². The number of anilines is 1. The van der Waals surface area contributed by atoms with Crippen molar-refractivity contribution in [2.24, 2.45) is 0 Å². The Balaban J connectivity index is 1.44. The smallest absolute Gasteiger partial charge is 0.229 e. The van der Waals surface area contributed by atoms with E-state index in [9.17, 15) is 18.0 Å². The SMILES string of the molecule is O=C(Cc1ccc(F)cc1)N1CCc2nc(N3CCOCC3)nc(Oc3ccc(F)cc3F)c2C1. The quantitative estimate of drug-likeness (QED) is 0.551. The zero-order valence-corrected chi connectivity index (χ0v) is 18.8. The molecular formula is C25H23F3N4O3. The van der Waals surface area contributed by atoms with E-state index >= 15 is 0 Å². The number of fused-ring (bicyclic) bond motifs is 1. The number of carbonyl (C=O) groups excluding carboxylic acids is 1. The van der Waals surface area contributed by atoms with Gasteiger partial charge in [0.05, 0.1) is 37.4 Å². The van der Waals surface area contributed by atoms with Gasteiger partial charge < -0.3 is 19.3 Å². The molecule has 0 aliphatic carbocycles. The third-order valence-corrected chi connectivity index (χ3v) is 6.03. The molecule has 3 aromatic rings. The van der Waals surface area contributed by atoms with Crippen molar-refractivity contribution in [1.29, 1.82) is 0 Å². The maximum atomic E-state index is 14.4. The van der Waals surface area contributed by atoms with Crippen LogP contribution in [0.2, 0.25) is 0 Å². The van der Waals surface area contributed by atoms with Gasteiger partial charge in [-0.05, 0) is 29.8 Å². The molecule has 2 aliphatic heterocycles. The van der Waals surface area contributed by atoms with Crippen LogP contribution in [0.5, 0.6) is 11.6 Å². The van der Waals surface area contributed by atoms with Crippen molar-refractivity contribution in [3.8, 4) is 11.6 Å². The highest BCUT2D eigenvalue weighted by Crippen LogP contribution is 2.33. The summed E-state index contributed by atoms with van der Waals surface area (Å²) in [6.07, 6.45) is 0.581. The number of hydrogen-bond donors (Lipinski definition) is 0. The molecule has 35 heavy (non-hydrogen) atoms. The van der Waals surface area contributed by atoms with Crippen molar-refractivity contribution >= 4 is 11.9 Å². The molecule has 0 saturated carbocycles. The van der Waals surface area contributed by atoms with Crippen LogP contribution in [0, 0.1) is 17.5 Å². The molecule has 7 nitrogen and oxygen atoms in total. The Morgan fingerprint density at radius 3 is 2.46 bits per heavy atom. The molecule has 1 fully saturated rings. The van der Waals surface area contributed by atoms with E-state index in [1.807, 2.05) is 4.90 Å². The topological polar surface area (TPSA) is 67.8 Å². The van der Waals surface area contributed by atoms with E-state index in [1.54, 1.807) is 17.0 Å². The average molecular weight is 484 g/mol. The van der Waals surface area contributed by atoms with Crippen LogP contribution >= 0.6 is 0 Å². The van der Waals surface area contributed by atoms with Crippen LogP contribution in [0.1, 0.15) is 16.8 Å². The van der Waals surface area contributed by atoms with E-state index in [0.29, 0.717) is 62.0 Å². The molecule has 0 unspecified atom stereocenters. The van der Waals surface area contributed by atoms with Gasteiger partial charge in [-0.15, -0.1) is 0 Å². The molecule has 2 aliphatic rings. The zero-order valence-electron chi connectivity index (χ0n) is 18.8. The maximum Gasteiger partial charge on any atom is 0.229 e. The summed E-state index contributed by atoms with van der Waals surface area (Å²) in [5, 5.41) is 0. The number of hydrogen-bond acceptors (Lipinski definition) is 6.